The van der Waals surface area contributed by atoms with E-state index in [0.717, 1.165) is 10.7 Å². The molecule has 0 saturated carbocycles. The number of nitrogens with zero attached hydrogens (tertiary/aromatic N) is 4. The van der Waals surface area contributed by atoms with E-state index < -0.39 is 11.7 Å². The average Bonchev–Trinajstić information content (AvgIpc) is 2.83. The highest BCUT2D eigenvalue weighted by molar-refractivity contribution is 9.10. The fourth-order valence-corrected chi connectivity index (χ4v) is 2.02. The molecular weight excluding hydrogens is 339 g/mol. The second-order valence-electron chi connectivity index (χ2n) is 3.95. The summed E-state index contributed by atoms with van der Waals surface area (Å²) in [7, 11) is 0. The Morgan fingerprint density at radius 2 is 2.10 bits per heavy atom. The molecule has 2 aromatic rings. The van der Waals surface area contributed by atoms with Gasteiger partial charge >= 0.3 is 6.18 Å². The molecule has 2 rings (SSSR count). The van der Waals surface area contributed by atoms with Gasteiger partial charge in [0.25, 0.3) is 0 Å². The Morgan fingerprint density at radius 1 is 1.35 bits per heavy atom. The lowest BCUT2D eigenvalue weighted by atomic mass is 10.1. The minimum absolute atomic E-state index is 0.0985. The third-order valence-corrected chi connectivity index (χ3v) is 3.05. The number of hydrogen-bond donors (Lipinski definition) is 1. The second kappa shape index (κ2) is 5.88. The Hall–Kier alpha value is -1.48. The van der Waals surface area contributed by atoms with Crippen molar-refractivity contribution >= 4 is 15.9 Å². The van der Waals surface area contributed by atoms with Gasteiger partial charge in [0.05, 0.1) is 17.8 Å². The monoisotopic (exact) mass is 349 g/mol. The Morgan fingerprint density at radius 3 is 2.75 bits per heavy atom. The molecule has 0 aliphatic carbocycles. The standard InChI is InChI=1S/C11H11BrF3N5/c1-2-16-6-10-17-18-19-20(10)9-4-3-7(12)5-8(9)11(13,14)15/h3-5,16H,2,6H2,1H3. The molecule has 1 aromatic heterocycles. The topological polar surface area (TPSA) is 55.6 Å². The van der Waals surface area contributed by atoms with Crippen molar-refractivity contribution in [1.29, 1.82) is 0 Å². The molecule has 0 atom stereocenters. The number of tetrazole rings is 1. The summed E-state index contributed by atoms with van der Waals surface area (Å²) >= 11 is 3.04. The second-order valence-corrected chi connectivity index (χ2v) is 4.86. The van der Waals surface area contributed by atoms with Crippen LogP contribution in [-0.2, 0) is 12.7 Å². The summed E-state index contributed by atoms with van der Waals surface area (Å²) < 4.78 is 40.7. The van der Waals surface area contributed by atoms with Crippen LogP contribution in [0, 0.1) is 0 Å². The minimum Gasteiger partial charge on any atom is -0.310 e. The van der Waals surface area contributed by atoms with Crippen molar-refractivity contribution in [2.45, 2.75) is 19.6 Å². The predicted molar refractivity (Wildman–Crippen MR) is 69.2 cm³/mol. The zero-order valence-corrected chi connectivity index (χ0v) is 12.0. The average molecular weight is 350 g/mol. The van der Waals surface area contributed by atoms with Crippen molar-refractivity contribution in [2.24, 2.45) is 0 Å². The molecule has 108 valence electrons. The van der Waals surface area contributed by atoms with Crippen LogP contribution in [0.1, 0.15) is 18.3 Å². The molecule has 1 heterocycles. The van der Waals surface area contributed by atoms with Gasteiger partial charge in [-0.05, 0) is 35.2 Å². The number of halogens is 4. The highest BCUT2D eigenvalue weighted by atomic mass is 79.9. The van der Waals surface area contributed by atoms with Crippen LogP contribution in [0.25, 0.3) is 5.69 Å². The van der Waals surface area contributed by atoms with Gasteiger partial charge in [-0.2, -0.15) is 17.9 Å². The summed E-state index contributed by atoms with van der Waals surface area (Å²) in [5.74, 6) is 0.319. The molecule has 0 radical (unpaired) electrons. The molecule has 0 aliphatic heterocycles. The lowest BCUT2D eigenvalue weighted by molar-refractivity contribution is -0.137. The van der Waals surface area contributed by atoms with Gasteiger partial charge in [-0.25, -0.2) is 0 Å². The van der Waals surface area contributed by atoms with E-state index in [0.29, 0.717) is 16.8 Å². The quantitative estimate of drug-likeness (QED) is 0.921. The van der Waals surface area contributed by atoms with Gasteiger partial charge in [-0.3, -0.25) is 0 Å². The van der Waals surface area contributed by atoms with E-state index in [4.69, 9.17) is 0 Å². The first-order valence-corrected chi connectivity index (χ1v) is 6.58. The fraction of sp³-hybridized carbons (Fsp3) is 0.364. The molecule has 1 N–H and O–H groups in total. The highest BCUT2D eigenvalue weighted by Crippen LogP contribution is 2.35. The zero-order valence-electron chi connectivity index (χ0n) is 10.4. The van der Waals surface area contributed by atoms with Gasteiger partial charge in [-0.15, -0.1) is 5.10 Å². The van der Waals surface area contributed by atoms with Gasteiger partial charge in [0.2, 0.25) is 0 Å². The molecule has 0 saturated heterocycles. The molecule has 1 aromatic carbocycles. The normalized spacial score (nSPS) is 11.8. The van der Waals surface area contributed by atoms with E-state index >= 15 is 0 Å². The molecule has 20 heavy (non-hydrogen) atoms. The number of aromatic nitrogens is 4. The summed E-state index contributed by atoms with van der Waals surface area (Å²) in [6.45, 7) is 2.84. The largest absolute Gasteiger partial charge is 0.418 e. The van der Waals surface area contributed by atoms with Crippen LogP contribution in [0.4, 0.5) is 13.2 Å². The molecule has 0 fully saturated rings. The number of rotatable bonds is 4. The minimum atomic E-state index is -4.49. The van der Waals surface area contributed by atoms with Gasteiger partial charge < -0.3 is 5.32 Å². The van der Waals surface area contributed by atoms with Gasteiger partial charge in [-0.1, -0.05) is 22.9 Å². The fourth-order valence-electron chi connectivity index (χ4n) is 1.66. The van der Waals surface area contributed by atoms with E-state index in [-0.39, 0.29) is 12.2 Å². The summed E-state index contributed by atoms with van der Waals surface area (Å²) in [6, 6.07) is 3.86. The summed E-state index contributed by atoms with van der Waals surface area (Å²) in [6.07, 6.45) is -4.49. The van der Waals surface area contributed by atoms with Crippen molar-refractivity contribution in [1.82, 2.24) is 25.5 Å². The zero-order chi connectivity index (χ0) is 14.8. The third kappa shape index (κ3) is 3.15. The molecule has 5 nitrogen and oxygen atoms in total. The lowest BCUT2D eigenvalue weighted by Crippen LogP contribution is -2.18. The first-order valence-electron chi connectivity index (χ1n) is 5.78. The highest BCUT2D eigenvalue weighted by Gasteiger charge is 2.35. The van der Waals surface area contributed by atoms with Crippen molar-refractivity contribution < 1.29 is 13.2 Å². The van der Waals surface area contributed by atoms with Crippen molar-refractivity contribution in [3.8, 4) is 5.69 Å². The molecule has 0 bridgehead atoms. The maximum atomic E-state index is 13.1. The Balaban J connectivity index is 2.50. The maximum Gasteiger partial charge on any atom is 0.418 e. The van der Waals surface area contributed by atoms with Gasteiger partial charge in [0, 0.05) is 4.47 Å². The molecule has 0 spiro atoms. The van der Waals surface area contributed by atoms with Crippen LogP contribution >= 0.6 is 15.9 Å². The van der Waals surface area contributed by atoms with Crippen molar-refractivity contribution in [2.75, 3.05) is 6.54 Å². The van der Waals surface area contributed by atoms with Crippen LogP contribution in [0.5, 0.6) is 0 Å². The third-order valence-electron chi connectivity index (χ3n) is 2.56. The van der Waals surface area contributed by atoms with Gasteiger partial charge in [0.1, 0.15) is 0 Å². The van der Waals surface area contributed by atoms with E-state index in [1.807, 2.05) is 6.92 Å². The van der Waals surface area contributed by atoms with Crippen LogP contribution in [0.2, 0.25) is 0 Å². The summed E-state index contributed by atoms with van der Waals surface area (Å²) in [5.41, 5.74) is -0.893. The summed E-state index contributed by atoms with van der Waals surface area (Å²) in [5, 5.41) is 13.8. The number of alkyl halides is 3. The Kier molecular flexibility index (Phi) is 4.39. The van der Waals surface area contributed by atoms with Crippen molar-refractivity contribution in [3.05, 3.63) is 34.1 Å². The van der Waals surface area contributed by atoms with Crippen LogP contribution in [-0.4, -0.2) is 26.8 Å². The number of hydrogen-bond acceptors (Lipinski definition) is 4. The maximum absolute atomic E-state index is 13.1. The van der Waals surface area contributed by atoms with Crippen LogP contribution < -0.4 is 5.32 Å². The SMILES string of the molecule is CCNCc1nnnn1-c1ccc(Br)cc1C(F)(F)F. The summed E-state index contributed by atoms with van der Waals surface area (Å²) in [4.78, 5) is 0. The Labute approximate surface area is 121 Å². The number of benzene rings is 1. The van der Waals surface area contributed by atoms with E-state index in [2.05, 4.69) is 36.8 Å². The molecule has 0 amide bonds. The van der Waals surface area contributed by atoms with Crippen molar-refractivity contribution in [3.63, 3.8) is 0 Å². The first-order chi connectivity index (χ1) is 9.43. The Bertz CT molecular complexity index is 596. The molecule has 9 heteroatoms. The van der Waals surface area contributed by atoms with Crippen LogP contribution in [0.3, 0.4) is 0 Å². The molecule has 0 aliphatic rings. The first kappa shape index (κ1) is 14.9. The van der Waals surface area contributed by atoms with Crippen LogP contribution in [0.15, 0.2) is 22.7 Å². The molecule has 0 unspecified atom stereocenters. The molecular formula is C11H11BrF3N5. The van der Waals surface area contributed by atoms with E-state index in [9.17, 15) is 13.2 Å². The van der Waals surface area contributed by atoms with E-state index in [1.165, 1.54) is 12.1 Å². The predicted octanol–water partition coefficient (Wildman–Crippen LogP) is 2.55. The van der Waals surface area contributed by atoms with E-state index in [1.54, 1.807) is 0 Å². The number of nitrogens with one attached hydrogen (secondary N) is 1. The van der Waals surface area contributed by atoms with Gasteiger partial charge in [0.15, 0.2) is 5.82 Å². The lowest BCUT2D eigenvalue weighted by Gasteiger charge is -2.14. The smallest absolute Gasteiger partial charge is 0.310 e.